The molecule has 6 heteroatoms. The summed E-state index contributed by atoms with van der Waals surface area (Å²) in [6, 6.07) is 0. The maximum absolute atomic E-state index is 11.9. The third-order valence-corrected chi connectivity index (χ3v) is 1.79. The number of hydrogen-bond donors (Lipinski definition) is 0. The van der Waals surface area contributed by atoms with Crippen LogP contribution in [0.3, 0.4) is 0 Å². The zero-order valence-corrected chi connectivity index (χ0v) is 10.7. The maximum atomic E-state index is 11.9. The van der Waals surface area contributed by atoms with Crippen molar-refractivity contribution in [1.82, 2.24) is 4.90 Å². The molecule has 3 nitrogen and oxygen atoms in total. The SMILES string of the molecule is CC(C)CN(CC(C)C)C(=O)OCC(F)(F)F. The largest absolute Gasteiger partial charge is 0.440 e. The van der Waals surface area contributed by atoms with E-state index in [9.17, 15) is 18.0 Å². The molecule has 0 unspecified atom stereocenters. The Kier molecular flexibility index (Phi) is 6.34. The van der Waals surface area contributed by atoms with Gasteiger partial charge in [-0.25, -0.2) is 4.79 Å². The standard InChI is InChI=1S/C11H20F3NO2/c1-8(2)5-15(6-9(3)4)10(16)17-7-11(12,13)14/h8-9H,5-7H2,1-4H3. The number of rotatable bonds is 5. The smallest absolute Gasteiger partial charge is 0.422 e. The zero-order valence-electron chi connectivity index (χ0n) is 10.7. The molecule has 0 aromatic rings. The summed E-state index contributed by atoms with van der Waals surface area (Å²) in [7, 11) is 0. The van der Waals surface area contributed by atoms with Crippen molar-refractivity contribution in [3.05, 3.63) is 0 Å². The second kappa shape index (κ2) is 6.71. The lowest BCUT2D eigenvalue weighted by molar-refractivity contribution is -0.162. The lowest BCUT2D eigenvalue weighted by atomic mass is 10.1. The molecule has 0 spiro atoms. The molecule has 0 aromatic heterocycles. The summed E-state index contributed by atoms with van der Waals surface area (Å²) >= 11 is 0. The summed E-state index contributed by atoms with van der Waals surface area (Å²) in [5.74, 6) is 0.374. The molecule has 0 saturated carbocycles. The zero-order chi connectivity index (χ0) is 13.6. The van der Waals surface area contributed by atoms with Crippen molar-refractivity contribution < 1.29 is 22.7 Å². The van der Waals surface area contributed by atoms with E-state index >= 15 is 0 Å². The van der Waals surface area contributed by atoms with Gasteiger partial charge in [0, 0.05) is 13.1 Å². The molecule has 0 aliphatic rings. The Labute approximate surface area is 99.9 Å². The molecule has 0 saturated heterocycles. The molecule has 0 rings (SSSR count). The summed E-state index contributed by atoms with van der Waals surface area (Å²) in [5, 5.41) is 0. The predicted octanol–water partition coefficient (Wildman–Crippen LogP) is 3.30. The Morgan fingerprint density at radius 2 is 1.53 bits per heavy atom. The highest BCUT2D eigenvalue weighted by Gasteiger charge is 2.31. The summed E-state index contributed by atoms with van der Waals surface area (Å²) in [5.41, 5.74) is 0. The van der Waals surface area contributed by atoms with Gasteiger partial charge in [-0.2, -0.15) is 13.2 Å². The number of carbonyl (C=O) groups is 1. The summed E-state index contributed by atoms with van der Waals surface area (Å²) in [4.78, 5) is 12.8. The van der Waals surface area contributed by atoms with Crippen molar-refractivity contribution >= 4 is 6.09 Å². The molecule has 102 valence electrons. The Bertz CT molecular complexity index is 229. The van der Waals surface area contributed by atoms with Gasteiger partial charge in [0.1, 0.15) is 0 Å². The van der Waals surface area contributed by atoms with Crippen LogP contribution in [0, 0.1) is 11.8 Å². The summed E-state index contributed by atoms with van der Waals surface area (Å²) < 4.78 is 40.0. The number of ether oxygens (including phenoxy) is 1. The van der Waals surface area contributed by atoms with Gasteiger partial charge in [-0.15, -0.1) is 0 Å². The number of carbonyl (C=O) groups excluding carboxylic acids is 1. The third kappa shape index (κ3) is 8.83. The van der Waals surface area contributed by atoms with Gasteiger partial charge < -0.3 is 9.64 Å². The molecular weight excluding hydrogens is 235 g/mol. The fourth-order valence-corrected chi connectivity index (χ4v) is 1.34. The van der Waals surface area contributed by atoms with Crippen molar-refractivity contribution in [2.24, 2.45) is 11.8 Å². The Morgan fingerprint density at radius 1 is 1.12 bits per heavy atom. The van der Waals surface area contributed by atoms with Crippen LogP contribution < -0.4 is 0 Å². The lowest BCUT2D eigenvalue weighted by Gasteiger charge is -2.25. The molecular formula is C11H20F3NO2. The number of amides is 1. The third-order valence-electron chi connectivity index (χ3n) is 1.79. The van der Waals surface area contributed by atoms with Crippen molar-refractivity contribution in [3.8, 4) is 0 Å². The van der Waals surface area contributed by atoms with Gasteiger partial charge in [0.05, 0.1) is 0 Å². The topological polar surface area (TPSA) is 29.5 Å². The maximum Gasteiger partial charge on any atom is 0.422 e. The first kappa shape index (κ1) is 16.1. The van der Waals surface area contributed by atoms with Gasteiger partial charge >= 0.3 is 12.3 Å². The number of hydrogen-bond acceptors (Lipinski definition) is 2. The highest BCUT2D eigenvalue weighted by molar-refractivity contribution is 5.67. The van der Waals surface area contributed by atoms with Crippen LogP contribution in [0.5, 0.6) is 0 Å². The van der Waals surface area contributed by atoms with E-state index in [0.717, 1.165) is 0 Å². The average Bonchev–Trinajstić information content (AvgIpc) is 2.10. The molecule has 0 atom stereocenters. The van der Waals surface area contributed by atoms with Crippen molar-refractivity contribution in [2.45, 2.75) is 33.9 Å². The van der Waals surface area contributed by atoms with Crippen LogP contribution in [0.1, 0.15) is 27.7 Å². The molecule has 0 bridgehead atoms. The van der Waals surface area contributed by atoms with Gasteiger partial charge in [0.2, 0.25) is 0 Å². The highest BCUT2D eigenvalue weighted by Crippen LogP contribution is 2.15. The Hall–Kier alpha value is -0.940. The lowest BCUT2D eigenvalue weighted by Crippen LogP contribution is -2.38. The Morgan fingerprint density at radius 3 is 1.82 bits per heavy atom. The first-order chi connectivity index (χ1) is 7.61. The number of alkyl halides is 3. The summed E-state index contributed by atoms with van der Waals surface area (Å²) in [6.07, 6.45) is -5.37. The predicted molar refractivity (Wildman–Crippen MR) is 58.7 cm³/mol. The second-order valence-corrected chi connectivity index (χ2v) is 4.86. The van der Waals surface area contributed by atoms with Crippen molar-refractivity contribution in [3.63, 3.8) is 0 Å². The van der Waals surface area contributed by atoms with E-state index in [-0.39, 0.29) is 11.8 Å². The normalized spacial score (nSPS) is 12.1. The van der Waals surface area contributed by atoms with Crippen LogP contribution in [0.2, 0.25) is 0 Å². The van der Waals surface area contributed by atoms with Crippen LogP contribution in [0.25, 0.3) is 0 Å². The van der Waals surface area contributed by atoms with Crippen LogP contribution in [0.15, 0.2) is 0 Å². The quantitative estimate of drug-likeness (QED) is 0.754. The first-order valence-corrected chi connectivity index (χ1v) is 5.60. The van der Waals surface area contributed by atoms with Gasteiger partial charge in [0.25, 0.3) is 0 Å². The van der Waals surface area contributed by atoms with E-state index in [0.29, 0.717) is 13.1 Å². The molecule has 0 radical (unpaired) electrons. The molecule has 0 N–H and O–H groups in total. The van der Waals surface area contributed by atoms with Crippen molar-refractivity contribution in [2.75, 3.05) is 19.7 Å². The van der Waals surface area contributed by atoms with E-state index in [2.05, 4.69) is 4.74 Å². The molecule has 0 fully saturated rings. The van der Waals surface area contributed by atoms with Gasteiger partial charge in [-0.05, 0) is 11.8 Å². The first-order valence-electron chi connectivity index (χ1n) is 5.60. The van der Waals surface area contributed by atoms with Gasteiger partial charge in [0.15, 0.2) is 6.61 Å². The fraction of sp³-hybridized carbons (Fsp3) is 0.909. The van der Waals surface area contributed by atoms with E-state index in [4.69, 9.17) is 0 Å². The summed E-state index contributed by atoms with van der Waals surface area (Å²) in [6.45, 7) is 6.84. The number of halogens is 3. The molecule has 17 heavy (non-hydrogen) atoms. The molecule has 0 aliphatic heterocycles. The van der Waals surface area contributed by atoms with Crippen molar-refractivity contribution in [1.29, 1.82) is 0 Å². The fourth-order valence-electron chi connectivity index (χ4n) is 1.34. The Balaban J connectivity index is 4.32. The average molecular weight is 255 g/mol. The van der Waals surface area contributed by atoms with Crippen LogP contribution in [-0.4, -0.2) is 36.9 Å². The molecule has 0 heterocycles. The van der Waals surface area contributed by atoms with Gasteiger partial charge in [-0.3, -0.25) is 0 Å². The van der Waals surface area contributed by atoms with E-state index in [1.54, 1.807) is 0 Å². The van der Waals surface area contributed by atoms with Gasteiger partial charge in [-0.1, -0.05) is 27.7 Å². The molecule has 0 aliphatic carbocycles. The molecule has 0 aromatic carbocycles. The van der Waals surface area contributed by atoms with Crippen LogP contribution in [-0.2, 0) is 4.74 Å². The highest BCUT2D eigenvalue weighted by atomic mass is 19.4. The minimum Gasteiger partial charge on any atom is -0.440 e. The van der Waals surface area contributed by atoms with E-state index < -0.39 is 18.9 Å². The second-order valence-electron chi connectivity index (χ2n) is 4.86. The van der Waals surface area contributed by atoms with Crippen LogP contribution >= 0.6 is 0 Å². The number of nitrogens with zero attached hydrogens (tertiary/aromatic N) is 1. The molecule has 1 amide bonds. The van der Waals surface area contributed by atoms with E-state index in [1.807, 2.05) is 27.7 Å². The minimum absolute atomic E-state index is 0.187. The monoisotopic (exact) mass is 255 g/mol. The van der Waals surface area contributed by atoms with Crippen LogP contribution in [0.4, 0.5) is 18.0 Å². The van der Waals surface area contributed by atoms with E-state index in [1.165, 1.54) is 4.90 Å². The minimum atomic E-state index is -4.48.